The number of rotatable bonds is 3. The van der Waals surface area contributed by atoms with E-state index in [0.717, 1.165) is 11.3 Å². The molecule has 2 rings (SSSR count). The topological polar surface area (TPSA) is 24.7 Å². The van der Waals surface area contributed by atoms with Crippen molar-refractivity contribution in [2.75, 3.05) is 0 Å². The van der Waals surface area contributed by atoms with Gasteiger partial charge in [0.25, 0.3) is 0 Å². The Hall–Kier alpha value is -1.09. The van der Waals surface area contributed by atoms with Gasteiger partial charge < -0.3 is 0 Å². The van der Waals surface area contributed by atoms with Gasteiger partial charge in [-0.15, -0.1) is 0 Å². The standard InChI is InChI=1S/C13H9Cl3N2/c14-10-2-1-3-13(7-10)18-17-8-9-4-11(15)6-12(16)5-9/h1-7H,8H2. The average Bonchev–Trinajstić information content (AvgIpc) is 2.27. The van der Waals surface area contributed by atoms with Crippen LogP contribution in [0, 0.1) is 0 Å². The molecule has 92 valence electrons. The lowest BCUT2D eigenvalue weighted by Gasteiger charge is -1.99. The van der Waals surface area contributed by atoms with Gasteiger partial charge in [0.15, 0.2) is 0 Å². The fraction of sp³-hybridized carbons (Fsp3) is 0.0769. The van der Waals surface area contributed by atoms with Crippen LogP contribution in [0.4, 0.5) is 5.69 Å². The molecule has 0 aromatic heterocycles. The van der Waals surface area contributed by atoms with Crippen LogP contribution in [0.3, 0.4) is 0 Å². The molecule has 0 saturated heterocycles. The second-order valence-electron chi connectivity index (χ2n) is 3.66. The molecular weight excluding hydrogens is 291 g/mol. The third-order valence-corrected chi connectivity index (χ3v) is 2.84. The van der Waals surface area contributed by atoms with Crippen molar-refractivity contribution in [3.63, 3.8) is 0 Å². The number of hydrogen-bond donors (Lipinski definition) is 0. The quantitative estimate of drug-likeness (QED) is 0.627. The van der Waals surface area contributed by atoms with Crippen LogP contribution in [-0.2, 0) is 6.54 Å². The van der Waals surface area contributed by atoms with Crippen LogP contribution < -0.4 is 0 Å². The summed E-state index contributed by atoms with van der Waals surface area (Å²) < 4.78 is 0. The molecule has 0 aliphatic heterocycles. The SMILES string of the molecule is Clc1cc(Cl)cc(CN=Nc2cccc(Cl)c2)c1. The summed E-state index contributed by atoms with van der Waals surface area (Å²) in [7, 11) is 0. The molecule has 0 unspecified atom stereocenters. The summed E-state index contributed by atoms with van der Waals surface area (Å²) >= 11 is 17.6. The molecule has 0 N–H and O–H groups in total. The van der Waals surface area contributed by atoms with Gasteiger partial charge in [-0.3, -0.25) is 0 Å². The molecule has 0 heterocycles. The van der Waals surface area contributed by atoms with Crippen LogP contribution in [0.25, 0.3) is 0 Å². The lowest BCUT2D eigenvalue weighted by molar-refractivity contribution is 0.959. The molecule has 0 radical (unpaired) electrons. The molecule has 0 aliphatic carbocycles. The predicted molar refractivity (Wildman–Crippen MR) is 76.1 cm³/mol. The highest BCUT2D eigenvalue weighted by Gasteiger charge is 1.97. The zero-order chi connectivity index (χ0) is 13.0. The minimum absolute atomic E-state index is 0.423. The zero-order valence-corrected chi connectivity index (χ0v) is 11.5. The molecule has 18 heavy (non-hydrogen) atoms. The highest BCUT2D eigenvalue weighted by Crippen LogP contribution is 2.21. The van der Waals surface area contributed by atoms with Gasteiger partial charge in [-0.2, -0.15) is 10.2 Å². The molecule has 0 amide bonds. The Bertz CT molecular complexity index is 562. The fourth-order valence-electron chi connectivity index (χ4n) is 1.44. The first kappa shape index (κ1) is 13.3. The minimum atomic E-state index is 0.423. The Morgan fingerprint density at radius 3 is 2.22 bits per heavy atom. The van der Waals surface area contributed by atoms with Crippen molar-refractivity contribution >= 4 is 40.5 Å². The van der Waals surface area contributed by atoms with Gasteiger partial charge in [0.05, 0.1) is 12.2 Å². The van der Waals surface area contributed by atoms with Crippen molar-refractivity contribution in [2.45, 2.75) is 6.54 Å². The lowest BCUT2D eigenvalue weighted by atomic mass is 10.2. The Balaban J connectivity index is 2.07. The monoisotopic (exact) mass is 298 g/mol. The minimum Gasteiger partial charge on any atom is -0.184 e. The van der Waals surface area contributed by atoms with E-state index in [1.165, 1.54) is 0 Å². The van der Waals surface area contributed by atoms with Gasteiger partial charge in [0.2, 0.25) is 0 Å². The highest BCUT2D eigenvalue weighted by molar-refractivity contribution is 6.34. The van der Waals surface area contributed by atoms with Gasteiger partial charge in [-0.05, 0) is 42.0 Å². The third kappa shape index (κ3) is 3.98. The first-order chi connectivity index (χ1) is 8.63. The Kier molecular flexibility index (Phi) is 4.59. The van der Waals surface area contributed by atoms with Crippen molar-refractivity contribution < 1.29 is 0 Å². The van der Waals surface area contributed by atoms with E-state index in [9.17, 15) is 0 Å². The van der Waals surface area contributed by atoms with Crippen LogP contribution in [0.1, 0.15) is 5.56 Å². The van der Waals surface area contributed by atoms with Crippen molar-refractivity contribution in [3.05, 3.63) is 63.1 Å². The molecule has 2 aromatic rings. The Morgan fingerprint density at radius 1 is 0.833 bits per heavy atom. The lowest BCUT2D eigenvalue weighted by Crippen LogP contribution is -1.80. The summed E-state index contributed by atoms with van der Waals surface area (Å²) in [5.41, 5.74) is 1.63. The van der Waals surface area contributed by atoms with E-state index < -0.39 is 0 Å². The van der Waals surface area contributed by atoms with Crippen LogP contribution >= 0.6 is 34.8 Å². The number of nitrogens with zero attached hydrogens (tertiary/aromatic N) is 2. The maximum absolute atomic E-state index is 5.89. The normalized spacial score (nSPS) is 11.1. The summed E-state index contributed by atoms with van der Waals surface area (Å²) in [4.78, 5) is 0. The third-order valence-electron chi connectivity index (χ3n) is 2.17. The van der Waals surface area contributed by atoms with Crippen molar-refractivity contribution in [3.8, 4) is 0 Å². The van der Waals surface area contributed by atoms with Crippen LogP contribution in [0.2, 0.25) is 15.1 Å². The van der Waals surface area contributed by atoms with E-state index in [2.05, 4.69) is 10.2 Å². The smallest absolute Gasteiger partial charge is 0.0867 e. The van der Waals surface area contributed by atoms with Crippen molar-refractivity contribution in [1.82, 2.24) is 0 Å². The second-order valence-corrected chi connectivity index (χ2v) is 4.97. The number of halogens is 3. The molecule has 5 heteroatoms. The summed E-state index contributed by atoms with van der Waals surface area (Å²) in [5, 5.41) is 9.98. The molecule has 0 fully saturated rings. The van der Waals surface area contributed by atoms with E-state index in [4.69, 9.17) is 34.8 Å². The number of hydrogen-bond acceptors (Lipinski definition) is 2. The molecule has 2 aromatic carbocycles. The van der Waals surface area contributed by atoms with Crippen LogP contribution in [0.5, 0.6) is 0 Å². The molecule has 2 nitrogen and oxygen atoms in total. The molecule has 0 spiro atoms. The van der Waals surface area contributed by atoms with E-state index >= 15 is 0 Å². The van der Waals surface area contributed by atoms with Gasteiger partial charge in [0, 0.05) is 15.1 Å². The average molecular weight is 300 g/mol. The first-order valence-corrected chi connectivity index (χ1v) is 6.35. The van der Waals surface area contributed by atoms with Gasteiger partial charge in [-0.1, -0.05) is 40.9 Å². The zero-order valence-electron chi connectivity index (χ0n) is 9.28. The van der Waals surface area contributed by atoms with Crippen LogP contribution in [0.15, 0.2) is 52.7 Å². The summed E-state index contributed by atoms with van der Waals surface area (Å²) in [6, 6.07) is 12.5. The number of benzene rings is 2. The molecule has 0 bridgehead atoms. The number of azo groups is 1. The molecule has 0 saturated carbocycles. The van der Waals surface area contributed by atoms with Gasteiger partial charge in [-0.25, -0.2) is 0 Å². The van der Waals surface area contributed by atoms with Gasteiger partial charge in [0.1, 0.15) is 0 Å². The predicted octanol–water partition coefficient (Wildman–Crippen LogP) is 5.93. The van der Waals surface area contributed by atoms with Crippen molar-refractivity contribution in [1.29, 1.82) is 0 Å². The van der Waals surface area contributed by atoms with Gasteiger partial charge >= 0.3 is 0 Å². The summed E-state index contributed by atoms with van der Waals surface area (Å²) in [6.45, 7) is 0.423. The van der Waals surface area contributed by atoms with Crippen molar-refractivity contribution in [2.24, 2.45) is 10.2 Å². The van der Waals surface area contributed by atoms with Crippen LogP contribution in [-0.4, -0.2) is 0 Å². The largest absolute Gasteiger partial charge is 0.184 e. The highest BCUT2D eigenvalue weighted by atomic mass is 35.5. The second kappa shape index (κ2) is 6.19. The first-order valence-electron chi connectivity index (χ1n) is 5.21. The molecule has 0 atom stereocenters. The fourth-order valence-corrected chi connectivity index (χ4v) is 2.19. The summed E-state index contributed by atoms with van der Waals surface area (Å²) in [6.07, 6.45) is 0. The van der Waals surface area contributed by atoms with E-state index in [-0.39, 0.29) is 0 Å². The maximum atomic E-state index is 5.89. The maximum Gasteiger partial charge on any atom is 0.0867 e. The van der Waals surface area contributed by atoms with E-state index in [0.29, 0.717) is 21.6 Å². The Labute approximate surface area is 120 Å². The molecular formula is C13H9Cl3N2. The molecule has 0 aliphatic rings. The summed E-state index contributed by atoms with van der Waals surface area (Å²) in [5.74, 6) is 0. The Morgan fingerprint density at radius 2 is 1.56 bits per heavy atom. The van der Waals surface area contributed by atoms with E-state index in [1.54, 1.807) is 18.2 Å². The van der Waals surface area contributed by atoms with E-state index in [1.807, 2.05) is 24.3 Å².